The van der Waals surface area contributed by atoms with E-state index in [1.54, 1.807) is 6.07 Å². The van der Waals surface area contributed by atoms with Gasteiger partial charge in [-0.05, 0) is 41.4 Å². The van der Waals surface area contributed by atoms with Gasteiger partial charge in [0.25, 0.3) is 0 Å². The molecular formula is C17H23NO. The molecule has 0 aromatic heterocycles. The Labute approximate surface area is 116 Å². The van der Waals surface area contributed by atoms with Gasteiger partial charge in [-0.15, -0.1) is 0 Å². The summed E-state index contributed by atoms with van der Waals surface area (Å²) in [5.74, 6) is 0.777. The predicted molar refractivity (Wildman–Crippen MR) is 76.4 cm³/mol. The van der Waals surface area contributed by atoms with Crippen LogP contribution in [-0.4, -0.2) is 5.11 Å². The predicted octanol–water partition coefficient (Wildman–Crippen LogP) is 4.05. The van der Waals surface area contributed by atoms with Crippen LogP contribution in [0.5, 0.6) is 0 Å². The quantitative estimate of drug-likeness (QED) is 0.868. The summed E-state index contributed by atoms with van der Waals surface area (Å²) in [6, 6.07) is 9.54. The Morgan fingerprint density at radius 3 is 2.79 bits per heavy atom. The lowest BCUT2D eigenvalue weighted by Crippen LogP contribution is -2.37. The highest BCUT2D eigenvalue weighted by Gasteiger charge is 2.41. The first-order valence-electron chi connectivity index (χ1n) is 7.14. The van der Waals surface area contributed by atoms with Crippen LogP contribution >= 0.6 is 0 Å². The lowest BCUT2D eigenvalue weighted by molar-refractivity contribution is -0.0292. The third-order valence-corrected chi connectivity index (χ3v) is 4.69. The van der Waals surface area contributed by atoms with E-state index in [9.17, 15) is 5.11 Å². The topological polar surface area (TPSA) is 44.0 Å². The van der Waals surface area contributed by atoms with Gasteiger partial charge in [-0.25, -0.2) is 0 Å². The summed E-state index contributed by atoms with van der Waals surface area (Å²) in [5, 5.41) is 19.7. The third kappa shape index (κ3) is 2.82. The maximum Gasteiger partial charge on any atom is 0.0991 e. The Hall–Kier alpha value is -1.33. The molecule has 1 N–H and O–H groups in total. The molecule has 102 valence electrons. The average molecular weight is 257 g/mol. The minimum atomic E-state index is -0.474. The zero-order valence-electron chi connectivity index (χ0n) is 12.1. The fourth-order valence-corrected chi connectivity index (χ4v) is 3.73. The van der Waals surface area contributed by atoms with Gasteiger partial charge in [0.05, 0.1) is 17.7 Å². The number of aliphatic hydroxyl groups excluding tert-OH is 1. The maximum absolute atomic E-state index is 10.8. The van der Waals surface area contributed by atoms with Crippen LogP contribution in [0.1, 0.15) is 57.3 Å². The Balaban J connectivity index is 2.31. The molecule has 2 nitrogen and oxygen atoms in total. The van der Waals surface area contributed by atoms with Crippen molar-refractivity contribution in [2.24, 2.45) is 17.3 Å². The van der Waals surface area contributed by atoms with Gasteiger partial charge < -0.3 is 5.11 Å². The first kappa shape index (κ1) is 14.1. The van der Waals surface area contributed by atoms with Gasteiger partial charge in [0.15, 0.2) is 0 Å². The summed E-state index contributed by atoms with van der Waals surface area (Å²) >= 11 is 0. The van der Waals surface area contributed by atoms with Gasteiger partial charge in [0.2, 0.25) is 0 Å². The van der Waals surface area contributed by atoms with E-state index in [0.717, 1.165) is 12.0 Å². The van der Waals surface area contributed by atoms with Crippen LogP contribution in [0.4, 0.5) is 0 Å². The van der Waals surface area contributed by atoms with Crippen molar-refractivity contribution in [3.8, 4) is 6.07 Å². The summed E-state index contributed by atoms with van der Waals surface area (Å²) in [5.41, 5.74) is 1.66. The highest BCUT2D eigenvalue weighted by Crippen LogP contribution is 2.49. The van der Waals surface area contributed by atoms with E-state index in [-0.39, 0.29) is 11.3 Å². The molecule has 0 radical (unpaired) electrons. The molecule has 2 heteroatoms. The first-order chi connectivity index (χ1) is 8.95. The number of hydrogen-bond acceptors (Lipinski definition) is 2. The highest BCUT2D eigenvalue weighted by atomic mass is 16.3. The van der Waals surface area contributed by atoms with Crippen molar-refractivity contribution < 1.29 is 5.11 Å². The second kappa shape index (κ2) is 5.35. The fraction of sp³-hybridized carbons (Fsp3) is 0.588. The Kier molecular flexibility index (Phi) is 3.96. The zero-order valence-corrected chi connectivity index (χ0v) is 12.1. The minimum Gasteiger partial charge on any atom is -0.388 e. The lowest BCUT2D eigenvalue weighted by atomic mass is 9.61. The van der Waals surface area contributed by atoms with Crippen molar-refractivity contribution in [2.75, 3.05) is 0 Å². The van der Waals surface area contributed by atoms with Crippen LogP contribution in [0.3, 0.4) is 0 Å². The molecule has 1 saturated carbocycles. The molecule has 0 saturated heterocycles. The number of rotatable bonds is 2. The van der Waals surface area contributed by atoms with E-state index >= 15 is 0 Å². The Morgan fingerprint density at radius 2 is 2.16 bits per heavy atom. The highest BCUT2D eigenvalue weighted by molar-refractivity contribution is 5.34. The van der Waals surface area contributed by atoms with Crippen molar-refractivity contribution in [3.05, 3.63) is 35.4 Å². The molecule has 1 aliphatic rings. The van der Waals surface area contributed by atoms with Gasteiger partial charge in [-0.2, -0.15) is 5.26 Å². The normalized spacial score (nSPS) is 27.5. The molecule has 0 spiro atoms. The summed E-state index contributed by atoms with van der Waals surface area (Å²) in [7, 11) is 0. The standard InChI is InChI=1S/C17H23NO/c1-12-6-5-9-17(2,3)15(12)16(19)14-8-4-7-13(10-14)11-18/h4,7-8,10,12,15-16,19H,5-6,9H2,1-3H3/t12-,15-,16?/m0/s1. The van der Waals surface area contributed by atoms with Crippen LogP contribution in [0.25, 0.3) is 0 Å². The Bertz CT molecular complexity index is 486. The first-order valence-corrected chi connectivity index (χ1v) is 7.14. The molecule has 3 atom stereocenters. The van der Waals surface area contributed by atoms with E-state index in [1.807, 2.05) is 18.2 Å². The second-order valence-electron chi connectivity index (χ2n) is 6.57. The fourth-order valence-electron chi connectivity index (χ4n) is 3.73. The summed E-state index contributed by atoms with van der Waals surface area (Å²) in [6.45, 7) is 6.75. The van der Waals surface area contributed by atoms with Crippen LogP contribution in [0.15, 0.2) is 24.3 Å². The van der Waals surface area contributed by atoms with Gasteiger partial charge in [0.1, 0.15) is 0 Å². The van der Waals surface area contributed by atoms with E-state index in [4.69, 9.17) is 5.26 Å². The number of hydrogen-bond donors (Lipinski definition) is 1. The molecule has 1 unspecified atom stereocenters. The van der Waals surface area contributed by atoms with Crippen molar-refractivity contribution in [3.63, 3.8) is 0 Å². The summed E-state index contributed by atoms with van der Waals surface area (Å²) in [6.07, 6.45) is 3.12. The van der Waals surface area contributed by atoms with Crippen molar-refractivity contribution in [2.45, 2.75) is 46.1 Å². The van der Waals surface area contributed by atoms with Gasteiger partial charge >= 0.3 is 0 Å². The van der Waals surface area contributed by atoms with Crippen molar-refractivity contribution in [1.82, 2.24) is 0 Å². The molecule has 1 fully saturated rings. The summed E-state index contributed by atoms with van der Waals surface area (Å²) in [4.78, 5) is 0. The maximum atomic E-state index is 10.8. The molecule has 0 amide bonds. The number of benzene rings is 1. The molecule has 2 rings (SSSR count). The van der Waals surface area contributed by atoms with E-state index in [2.05, 4.69) is 26.8 Å². The molecule has 0 heterocycles. The average Bonchev–Trinajstić information content (AvgIpc) is 2.37. The van der Waals surface area contributed by atoms with Crippen molar-refractivity contribution in [1.29, 1.82) is 5.26 Å². The van der Waals surface area contributed by atoms with Crippen LogP contribution in [-0.2, 0) is 0 Å². The van der Waals surface area contributed by atoms with Crippen LogP contribution in [0, 0.1) is 28.6 Å². The molecular weight excluding hydrogens is 234 g/mol. The molecule has 0 bridgehead atoms. The Morgan fingerprint density at radius 1 is 1.42 bits per heavy atom. The van der Waals surface area contributed by atoms with E-state index in [0.29, 0.717) is 11.5 Å². The SMILES string of the molecule is C[C@H]1CCCC(C)(C)[C@@H]1C(O)c1cccc(C#N)c1. The smallest absolute Gasteiger partial charge is 0.0991 e. The largest absolute Gasteiger partial charge is 0.388 e. The van der Waals surface area contributed by atoms with E-state index in [1.165, 1.54) is 12.8 Å². The monoisotopic (exact) mass is 257 g/mol. The molecule has 19 heavy (non-hydrogen) atoms. The number of aliphatic hydroxyl groups is 1. The molecule has 0 aliphatic heterocycles. The van der Waals surface area contributed by atoms with Gasteiger partial charge in [-0.3, -0.25) is 0 Å². The summed E-state index contributed by atoms with van der Waals surface area (Å²) < 4.78 is 0. The third-order valence-electron chi connectivity index (χ3n) is 4.69. The van der Waals surface area contributed by atoms with Gasteiger partial charge in [-0.1, -0.05) is 45.7 Å². The zero-order chi connectivity index (χ0) is 14.0. The van der Waals surface area contributed by atoms with Gasteiger partial charge in [0, 0.05) is 0 Å². The van der Waals surface area contributed by atoms with Crippen molar-refractivity contribution >= 4 is 0 Å². The molecule has 1 aromatic rings. The minimum absolute atomic E-state index is 0.153. The second-order valence-corrected chi connectivity index (χ2v) is 6.57. The van der Waals surface area contributed by atoms with Crippen LogP contribution < -0.4 is 0 Å². The number of nitrogens with zero attached hydrogens (tertiary/aromatic N) is 1. The lowest BCUT2D eigenvalue weighted by Gasteiger charge is -2.45. The molecule has 1 aromatic carbocycles. The van der Waals surface area contributed by atoms with Crippen LogP contribution in [0.2, 0.25) is 0 Å². The van der Waals surface area contributed by atoms with E-state index < -0.39 is 6.10 Å². The number of nitriles is 1. The molecule has 1 aliphatic carbocycles.